The van der Waals surface area contributed by atoms with Gasteiger partial charge in [-0.2, -0.15) is 5.10 Å². The Hall–Kier alpha value is -3.19. The minimum Gasteiger partial charge on any atom is -0.435 e. The van der Waals surface area contributed by atoms with Crippen LogP contribution < -0.4 is 4.74 Å². The van der Waals surface area contributed by atoms with Crippen molar-refractivity contribution in [1.29, 1.82) is 0 Å². The molecule has 1 atom stereocenters. The van der Waals surface area contributed by atoms with Gasteiger partial charge in [-0.25, -0.2) is 9.07 Å². The maximum absolute atomic E-state index is 14.5. The third-order valence-corrected chi connectivity index (χ3v) is 5.85. The summed E-state index contributed by atoms with van der Waals surface area (Å²) >= 11 is 0. The first-order valence-electron chi connectivity index (χ1n) is 11.6. The van der Waals surface area contributed by atoms with Crippen LogP contribution in [0.25, 0.3) is 5.69 Å². The van der Waals surface area contributed by atoms with Crippen LogP contribution in [0.5, 0.6) is 11.6 Å². The summed E-state index contributed by atoms with van der Waals surface area (Å²) in [5.41, 5.74) is 2.40. The molecule has 174 valence electrons. The lowest BCUT2D eigenvalue weighted by Gasteiger charge is -2.25. The first-order valence-corrected chi connectivity index (χ1v) is 11.6. The van der Waals surface area contributed by atoms with E-state index in [1.54, 1.807) is 22.9 Å². The van der Waals surface area contributed by atoms with Crippen LogP contribution >= 0.6 is 0 Å². The van der Waals surface area contributed by atoms with E-state index < -0.39 is 5.82 Å². The van der Waals surface area contributed by atoms with Crippen LogP contribution in [0.3, 0.4) is 0 Å². The molecule has 0 aliphatic carbocycles. The number of aromatic nitrogens is 2. The topological polar surface area (TPSA) is 56.6 Å². The van der Waals surface area contributed by atoms with Gasteiger partial charge in [0.25, 0.3) is 0 Å². The standard InChI is InChI=1S/C26H30FN3O3/c1-3-23-21(18-29(25(31)4-2)17-20-13-10-16-32-20)26(33-24-15-9-8-14-22(24)27)30(28-23)19-11-6-5-7-12-19/h5-9,11-12,14-15,20H,3-4,10,13,16-18H2,1-2H3/t20-/m1/s1. The van der Waals surface area contributed by atoms with Gasteiger partial charge >= 0.3 is 0 Å². The Morgan fingerprint density at radius 2 is 1.94 bits per heavy atom. The van der Waals surface area contributed by atoms with Crippen molar-refractivity contribution in [1.82, 2.24) is 14.7 Å². The van der Waals surface area contributed by atoms with Gasteiger partial charge in [0.1, 0.15) is 0 Å². The summed E-state index contributed by atoms with van der Waals surface area (Å²) in [6.07, 6.45) is 3.02. The van der Waals surface area contributed by atoms with Gasteiger partial charge in [-0.1, -0.05) is 44.2 Å². The van der Waals surface area contributed by atoms with E-state index in [1.807, 2.05) is 49.1 Å². The van der Waals surface area contributed by atoms with Crippen LogP contribution in [-0.2, 0) is 22.5 Å². The zero-order chi connectivity index (χ0) is 23.2. The molecule has 0 bridgehead atoms. The van der Waals surface area contributed by atoms with Gasteiger partial charge in [-0.15, -0.1) is 0 Å². The highest BCUT2D eigenvalue weighted by Crippen LogP contribution is 2.33. The zero-order valence-corrected chi connectivity index (χ0v) is 19.2. The fourth-order valence-corrected chi connectivity index (χ4v) is 4.10. The van der Waals surface area contributed by atoms with Crippen molar-refractivity contribution in [3.8, 4) is 17.3 Å². The lowest BCUT2D eigenvalue weighted by molar-refractivity contribution is -0.133. The van der Waals surface area contributed by atoms with E-state index >= 15 is 0 Å². The molecule has 2 heterocycles. The second kappa shape index (κ2) is 10.6. The van der Waals surface area contributed by atoms with E-state index in [9.17, 15) is 9.18 Å². The van der Waals surface area contributed by atoms with Gasteiger partial charge < -0.3 is 14.4 Å². The lowest BCUT2D eigenvalue weighted by atomic mass is 10.1. The molecule has 3 aromatic rings. The summed E-state index contributed by atoms with van der Waals surface area (Å²) in [7, 11) is 0. The van der Waals surface area contributed by atoms with E-state index in [-0.39, 0.29) is 17.8 Å². The number of amides is 1. The number of ether oxygens (including phenoxy) is 2. The predicted octanol–water partition coefficient (Wildman–Crippen LogP) is 5.28. The normalized spacial score (nSPS) is 15.5. The van der Waals surface area contributed by atoms with Gasteiger partial charge in [0, 0.05) is 19.6 Å². The number of para-hydroxylation sites is 2. The quantitative estimate of drug-likeness (QED) is 0.444. The van der Waals surface area contributed by atoms with E-state index in [1.165, 1.54) is 6.07 Å². The van der Waals surface area contributed by atoms with Crippen molar-refractivity contribution in [3.63, 3.8) is 0 Å². The van der Waals surface area contributed by atoms with Gasteiger partial charge in [0.15, 0.2) is 11.6 Å². The van der Waals surface area contributed by atoms with Crippen LogP contribution in [0.15, 0.2) is 54.6 Å². The Bertz CT molecular complexity index is 1080. The summed E-state index contributed by atoms with van der Waals surface area (Å²) in [4.78, 5) is 14.7. The predicted molar refractivity (Wildman–Crippen MR) is 124 cm³/mol. The van der Waals surface area contributed by atoms with Crippen LogP contribution in [0.1, 0.15) is 44.4 Å². The van der Waals surface area contributed by atoms with Gasteiger partial charge in [-0.05, 0) is 43.5 Å². The molecule has 33 heavy (non-hydrogen) atoms. The monoisotopic (exact) mass is 451 g/mol. The molecule has 6 nitrogen and oxygen atoms in total. The maximum Gasteiger partial charge on any atom is 0.228 e. The minimum absolute atomic E-state index is 0.0330. The molecule has 0 saturated carbocycles. The summed E-state index contributed by atoms with van der Waals surface area (Å²) in [6.45, 7) is 5.44. The van der Waals surface area contributed by atoms with Crippen molar-refractivity contribution in [2.24, 2.45) is 0 Å². The van der Waals surface area contributed by atoms with Crippen molar-refractivity contribution in [2.75, 3.05) is 13.2 Å². The summed E-state index contributed by atoms with van der Waals surface area (Å²) < 4.78 is 28.1. The molecule has 1 saturated heterocycles. The number of nitrogens with zero attached hydrogens (tertiary/aromatic N) is 3. The first-order chi connectivity index (χ1) is 16.1. The van der Waals surface area contributed by atoms with E-state index in [2.05, 4.69) is 0 Å². The molecule has 0 unspecified atom stereocenters. The molecule has 1 aromatic heterocycles. The SMILES string of the molecule is CCC(=O)N(Cc1c(CC)nn(-c2ccccc2)c1Oc1ccccc1F)C[C@H]1CCCO1. The third-order valence-electron chi connectivity index (χ3n) is 5.85. The average Bonchev–Trinajstić information content (AvgIpc) is 3.48. The van der Waals surface area contributed by atoms with Crippen molar-refractivity contribution >= 4 is 5.91 Å². The molecule has 0 radical (unpaired) electrons. The second-order valence-electron chi connectivity index (χ2n) is 8.13. The van der Waals surface area contributed by atoms with Crippen LogP contribution in [0, 0.1) is 5.82 Å². The summed E-state index contributed by atoms with van der Waals surface area (Å²) in [6, 6.07) is 15.9. The molecule has 0 N–H and O–H groups in total. The van der Waals surface area contributed by atoms with Crippen molar-refractivity contribution in [3.05, 3.63) is 71.7 Å². The lowest BCUT2D eigenvalue weighted by Crippen LogP contribution is -2.36. The van der Waals surface area contributed by atoms with Crippen LogP contribution in [-0.4, -0.2) is 39.8 Å². The highest BCUT2D eigenvalue weighted by molar-refractivity contribution is 5.76. The summed E-state index contributed by atoms with van der Waals surface area (Å²) in [5, 5.41) is 4.79. The Morgan fingerprint density at radius 3 is 2.61 bits per heavy atom. The molecule has 1 aliphatic heterocycles. The Balaban J connectivity index is 1.77. The Labute approximate surface area is 193 Å². The number of rotatable bonds is 9. The van der Waals surface area contributed by atoms with Crippen molar-refractivity contribution in [2.45, 2.75) is 52.2 Å². The van der Waals surface area contributed by atoms with E-state index in [4.69, 9.17) is 14.6 Å². The molecule has 1 aliphatic rings. The fourth-order valence-electron chi connectivity index (χ4n) is 4.10. The number of benzene rings is 2. The molecule has 2 aromatic carbocycles. The maximum atomic E-state index is 14.5. The first kappa shape index (κ1) is 23.0. The fraction of sp³-hybridized carbons (Fsp3) is 0.385. The number of halogens is 1. The zero-order valence-electron chi connectivity index (χ0n) is 19.2. The van der Waals surface area contributed by atoms with Crippen LogP contribution in [0.2, 0.25) is 0 Å². The molecule has 7 heteroatoms. The number of aryl methyl sites for hydroxylation is 1. The molecule has 4 rings (SSSR count). The highest BCUT2D eigenvalue weighted by atomic mass is 19.1. The minimum atomic E-state index is -0.455. The van der Waals surface area contributed by atoms with Crippen LogP contribution in [0.4, 0.5) is 4.39 Å². The van der Waals surface area contributed by atoms with E-state index in [0.717, 1.165) is 36.4 Å². The number of carbonyl (C=O) groups excluding carboxylic acids is 1. The highest BCUT2D eigenvalue weighted by Gasteiger charge is 2.27. The number of hydrogen-bond donors (Lipinski definition) is 0. The van der Waals surface area contributed by atoms with Gasteiger partial charge in [0.2, 0.25) is 11.8 Å². The molecular formula is C26H30FN3O3. The number of carbonyl (C=O) groups is 1. The second-order valence-corrected chi connectivity index (χ2v) is 8.13. The molecular weight excluding hydrogens is 421 g/mol. The molecule has 1 amide bonds. The van der Waals surface area contributed by atoms with Gasteiger partial charge in [0.05, 0.1) is 29.6 Å². The van der Waals surface area contributed by atoms with Gasteiger partial charge in [-0.3, -0.25) is 4.79 Å². The number of hydrogen-bond acceptors (Lipinski definition) is 4. The molecule has 0 spiro atoms. The smallest absolute Gasteiger partial charge is 0.228 e. The Kier molecular flexibility index (Phi) is 7.40. The van der Waals surface area contributed by atoms with Crippen molar-refractivity contribution < 1.29 is 18.7 Å². The molecule has 1 fully saturated rings. The average molecular weight is 452 g/mol. The third kappa shape index (κ3) is 5.25. The Morgan fingerprint density at radius 1 is 1.18 bits per heavy atom. The largest absolute Gasteiger partial charge is 0.435 e. The van der Waals surface area contributed by atoms with E-state index in [0.29, 0.717) is 31.8 Å². The summed E-state index contributed by atoms with van der Waals surface area (Å²) in [5.74, 6) is 0.121.